The zero-order chi connectivity index (χ0) is 12.0. The lowest BCUT2D eigenvalue weighted by Crippen LogP contribution is -2.50. The van der Waals surface area contributed by atoms with Crippen molar-refractivity contribution in [3.05, 3.63) is 12.2 Å². The zero-order valence-electron chi connectivity index (χ0n) is 10.8. The maximum Gasteiger partial charge on any atom is 0.228 e. The van der Waals surface area contributed by atoms with Crippen LogP contribution < -0.4 is 0 Å². The molecule has 16 heavy (non-hydrogen) atoms. The summed E-state index contributed by atoms with van der Waals surface area (Å²) in [7, 11) is 3.76. The second-order valence-corrected chi connectivity index (χ2v) is 6.04. The van der Waals surface area contributed by atoms with Gasteiger partial charge in [-0.2, -0.15) is 0 Å². The fourth-order valence-electron chi connectivity index (χ4n) is 3.62. The number of amides is 1. The summed E-state index contributed by atoms with van der Waals surface area (Å²) in [4.78, 5) is 14.0. The first-order chi connectivity index (χ1) is 7.42. The van der Waals surface area contributed by atoms with Crippen molar-refractivity contribution in [2.75, 3.05) is 14.1 Å². The van der Waals surface area contributed by atoms with Crippen LogP contribution in [0.4, 0.5) is 0 Å². The molecule has 3 aliphatic carbocycles. The molecule has 3 aliphatic rings. The van der Waals surface area contributed by atoms with Crippen LogP contribution in [-0.4, -0.2) is 24.9 Å². The number of carbonyl (C=O) groups is 1. The third-order valence-corrected chi connectivity index (χ3v) is 5.01. The van der Waals surface area contributed by atoms with Gasteiger partial charge in [0.1, 0.15) is 0 Å². The molecule has 3 saturated carbocycles. The van der Waals surface area contributed by atoms with Gasteiger partial charge >= 0.3 is 0 Å². The van der Waals surface area contributed by atoms with Crippen molar-refractivity contribution < 1.29 is 4.79 Å². The Morgan fingerprint density at radius 2 is 1.38 bits per heavy atom. The van der Waals surface area contributed by atoms with Gasteiger partial charge in [0.05, 0.1) is 0 Å². The Balaban J connectivity index is 2.17. The lowest BCUT2D eigenvalue weighted by Gasteiger charge is -2.53. The van der Waals surface area contributed by atoms with Gasteiger partial charge in [-0.3, -0.25) is 4.79 Å². The molecular weight excluding hydrogens is 198 g/mol. The number of fused-ring (bicyclic) bond motifs is 3. The fourth-order valence-corrected chi connectivity index (χ4v) is 3.62. The molecule has 2 heteroatoms. The Kier molecular flexibility index (Phi) is 2.64. The van der Waals surface area contributed by atoms with Gasteiger partial charge in [0.25, 0.3) is 0 Å². The average molecular weight is 221 g/mol. The van der Waals surface area contributed by atoms with E-state index in [1.54, 1.807) is 4.90 Å². The average Bonchev–Trinajstić information content (AvgIpc) is 2.30. The maximum absolute atomic E-state index is 12.3. The molecule has 2 bridgehead atoms. The molecule has 0 unspecified atom stereocenters. The van der Waals surface area contributed by atoms with Gasteiger partial charge in [-0.25, -0.2) is 0 Å². The van der Waals surface area contributed by atoms with Crippen molar-refractivity contribution in [2.24, 2.45) is 10.8 Å². The largest absolute Gasteiger partial charge is 0.348 e. The van der Waals surface area contributed by atoms with Gasteiger partial charge in [-0.05, 0) is 50.9 Å². The highest BCUT2D eigenvalue weighted by Crippen LogP contribution is 2.59. The first kappa shape index (κ1) is 11.7. The number of carbonyl (C=O) groups excluding carboxylic acids is 1. The minimum Gasteiger partial charge on any atom is -0.348 e. The molecule has 0 heterocycles. The Morgan fingerprint density at radius 1 is 1.00 bits per heavy atom. The molecule has 1 amide bonds. The third-order valence-electron chi connectivity index (χ3n) is 5.01. The Hall–Kier alpha value is -0.790. The highest BCUT2D eigenvalue weighted by molar-refractivity contribution is 5.82. The van der Waals surface area contributed by atoms with Gasteiger partial charge in [0.2, 0.25) is 5.91 Å². The van der Waals surface area contributed by atoms with Crippen molar-refractivity contribution in [2.45, 2.75) is 45.4 Å². The quantitative estimate of drug-likeness (QED) is 0.656. The van der Waals surface area contributed by atoms with Crippen LogP contribution in [-0.2, 0) is 4.79 Å². The van der Waals surface area contributed by atoms with E-state index in [9.17, 15) is 4.79 Å². The first-order valence-electron chi connectivity index (χ1n) is 6.30. The monoisotopic (exact) mass is 221 g/mol. The highest BCUT2D eigenvalue weighted by Gasteiger charge is 2.52. The van der Waals surface area contributed by atoms with Gasteiger partial charge in [0.15, 0.2) is 0 Å². The third kappa shape index (κ3) is 1.50. The SMILES string of the molecule is C=C(C)C12CCC(C(=O)N(C)C)(CC1)CC2. The van der Waals surface area contributed by atoms with E-state index in [0.29, 0.717) is 11.3 Å². The molecule has 0 atom stereocenters. The maximum atomic E-state index is 12.3. The van der Waals surface area contributed by atoms with Gasteiger partial charge < -0.3 is 4.90 Å². The molecule has 0 aliphatic heterocycles. The van der Waals surface area contributed by atoms with Crippen molar-refractivity contribution >= 4 is 5.91 Å². The normalized spacial score (nSPS) is 37.2. The second-order valence-electron chi connectivity index (χ2n) is 6.04. The van der Waals surface area contributed by atoms with Crippen molar-refractivity contribution in [1.29, 1.82) is 0 Å². The van der Waals surface area contributed by atoms with Crippen LogP contribution in [0.25, 0.3) is 0 Å². The number of allylic oxidation sites excluding steroid dienone is 1. The molecule has 0 spiro atoms. The number of rotatable bonds is 2. The predicted octanol–water partition coefficient (Wildman–Crippen LogP) is 2.99. The van der Waals surface area contributed by atoms with E-state index in [0.717, 1.165) is 19.3 Å². The second kappa shape index (κ2) is 3.61. The van der Waals surface area contributed by atoms with Crippen LogP contribution in [0.5, 0.6) is 0 Å². The summed E-state index contributed by atoms with van der Waals surface area (Å²) < 4.78 is 0. The van der Waals surface area contributed by atoms with Crippen LogP contribution in [0.3, 0.4) is 0 Å². The predicted molar refractivity (Wildman–Crippen MR) is 66.1 cm³/mol. The van der Waals surface area contributed by atoms with E-state index in [1.165, 1.54) is 24.8 Å². The molecule has 3 rings (SSSR count). The molecule has 90 valence electrons. The van der Waals surface area contributed by atoms with E-state index < -0.39 is 0 Å². The summed E-state index contributed by atoms with van der Waals surface area (Å²) in [6.45, 7) is 6.31. The summed E-state index contributed by atoms with van der Waals surface area (Å²) >= 11 is 0. The van der Waals surface area contributed by atoms with Gasteiger partial charge in [-0.15, -0.1) is 0 Å². The molecule has 0 aromatic heterocycles. The van der Waals surface area contributed by atoms with Crippen LogP contribution in [0, 0.1) is 10.8 Å². The molecular formula is C14H23NO. The fraction of sp³-hybridized carbons (Fsp3) is 0.786. The molecule has 0 aromatic rings. The molecule has 2 nitrogen and oxygen atoms in total. The molecule has 3 fully saturated rings. The van der Waals surface area contributed by atoms with Crippen LogP contribution in [0.15, 0.2) is 12.2 Å². The van der Waals surface area contributed by atoms with Gasteiger partial charge in [0, 0.05) is 19.5 Å². The number of nitrogens with zero attached hydrogens (tertiary/aromatic N) is 1. The minimum absolute atomic E-state index is 0.0271. The number of hydrogen-bond donors (Lipinski definition) is 0. The van der Waals surface area contributed by atoms with E-state index in [2.05, 4.69) is 13.5 Å². The Morgan fingerprint density at radius 3 is 1.69 bits per heavy atom. The standard InChI is InChI=1S/C14H23NO/c1-11(2)13-5-8-14(9-6-13,10-7-13)12(16)15(3)4/h1,5-10H2,2-4H3. The van der Waals surface area contributed by atoms with E-state index in [-0.39, 0.29) is 5.41 Å². The smallest absolute Gasteiger partial charge is 0.228 e. The lowest BCUT2D eigenvalue weighted by molar-refractivity contribution is -0.147. The van der Waals surface area contributed by atoms with Gasteiger partial charge in [-0.1, -0.05) is 12.2 Å². The number of hydrogen-bond acceptors (Lipinski definition) is 1. The minimum atomic E-state index is -0.0271. The summed E-state index contributed by atoms with van der Waals surface area (Å²) in [5.74, 6) is 0.350. The van der Waals surface area contributed by atoms with Crippen molar-refractivity contribution in [3.63, 3.8) is 0 Å². The van der Waals surface area contributed by atoms with Crippen molar-refractivity contribution in [3.8, 4) is 0 Å². The molecule has 0 radical (unpaired) electrons. The Labute approximate surface area is 98.7 Å². The van der Waals surface area contributed by atoms with E-state index in [4.69, 9.17) is 0 Å². The molecule has 0 saturated heterocycles. The highest BCUT2D eigenvalue weighted by atomic mass is 16.2. The molecule has 0 aromatic carbocycles. The summed E-state index contributed by atoms with van der Waals surface area (Å²) in [5.41, 5.74) is 1.67. The first-order valence-corrected chi connectivity index (χ1v) is 6.30. The van der Waals surface area contributed by atoms with E-state index >= 15 is 0 Å². The van der Waals surface area contributed by atoms with Crippen LogP contribution in [0.1, 0.15) is 45.4 Å². The summed E-state index contributed by atoms with van der Waals surface area (Å²) in [6.07, 6.45) is 6.70. The summed E-state index contributed by atoms with van der Waals surface area (Å²) in [5, 5.41) is 0. The molecule has 0 N–H and O–H groups in total. The Bertz CT molecular complexity index is 305. The zero-order valence-corrected chi connectivity index (χ0v) is 10.8. The van der Waals surface area contributed by atoms with Crippen LogP contribution >= 0.6 is 0 Å². The topological polar surface area (TPSA) is 20.3 Å². The van der Waals surface area contributed by atoms with E-state index in [1.807, 2.05) is 14.1 Å². The van der Waals surface area contributed by atoms with Crippen LogP contribution in [0.2, 0.25) is 0 Å². The lowest BCUT2D eigenvalue weighted by atomic mass is 9.51. The summed E-state index contributed by atoms with van der Waals surface area (Å²) in [6, 6.07) is 0. The van der Waals surface area contributed by atoms with Crippen molar-refractivity contribution in [1.82, 2.24) is 4.90 Å².